The maximum absolute atomic E-state index is 6.17. The van der Waals surface area contributed by atoms with Crippen LogP contribution in [0.2, 0.25) is 0 Å². The summed E-state index contributed by atoms with van der Waals surface area (Å²) in [6, 6.07) is 15.4. The predicted molar refractivity (Wildman–Crippen MR) is 102 cm³/mol. The molecule has 1 unspecified atom stereocenters. The van der Waals surface area contributed by atoms with Gasteiger partial charge in [-0.2, -0.15) is 5.10 Å². The number of nitrogens with zero attached hydrogens (tertiary/aromatic N) is 3. The second kappa shape index (κ2) is 6.89. The number of likely N-dealkylation sites (tertiary alicyclic amines) is 1. The van der Waals surface area contributed by atoms with E-state index in [2.05, 4.69) is 59.5 Å². The summed E-state index contributed by atoms with van der Waals surface area (Å²) in [4.78, 5) is 2.45. The number of ether oxygens (including phenoxy) is 1. The predicted octanol–water partition coefficient (Wildman–Crippen LogP) is 4.10. The first-order valence-corrected chi connectivity index (χ1v) is 9.07. The Hall–Kier alpha value is -2.33. The lowest BCUT2D eigenvalue weighted by atomic mass is 10.0. The van der Waals surface area contributed by atoms with Crippen LogP contribution in [0.5, 0.6) is 5.75 Å². The Morgan fingerprint density at radius 3 is 2.64 bits per heavy atom. The minimum atomic E-state index is 0.666. The molecule has 25 heavy (non-hydrogen) atoms. The van der Waals surface area contributed by atoms with Crippen LogP contribution in [0.3, 0.4) is 0 Å². The maximum atomic E-state index is 6.17. The van der Waals surface area contributed by atoms with Crippen molar-refractivity contribution in [3.8, 4) is 17.0 Å². The third kappa shape index (κ3) is 3.27. The van der Waals surface area contributed by atoms with Crippen molar-refractivity contribution < 1.29 is 4.74 Å². The van der Waals surface area contributed by atoms with Gasteiger partial charge in [0, 0.05) is 30.2 Å². The molecule has 0 radical (unpaired) electrons. The Labute approximate surface area is 149 Å². The fraction of sp³-hybridized carbons (Fsp3) is 0.381. The lowest BCUT2D eigenvalue weighted by Crippen LogP contribution is -2.26. The third-order valence-corrected chi connectivity index (χ3v) is 5.25. The number of aryl methyl sites for hydroxylation is 1. The largest absolute Gasteiger partial charge is 0.493 e. The van der Waals surface area contributed by atoms with Crippen molar-refractivity contribution >= 4 is 10.8 Å². The zero-order valence-electron chi connectivity index (χ0n) is 15.0. The van der Waals surface area contributed by atoms with Crippen LogP contribution in [0.1, 0.15) is 19.3 Å². The highest BCUT2D eigenvalue weighted by Gasteiger charge is 2.20. The Morgan fingerprint density at radius 2 is 1.92 bits per heavy atom. The van der Waals surface area contributed by atoms with Gasteiger partial charge in [-0.3, -0.25) is 4.68 Å². The van der Waals surface area contributed by atoms with Gasteiger partial charge in [0.15, 0.2) is 0 Å². The molecule has 1 atom stereocenters. The van der Waals surface area contributed by atoms with Crippen molar-refractivity contribution in [2.75, 3.05) is 20.2 Å². The molecule has 2 aromatic carbocycles. The van der Waals surface area contributed by atoms with Crippen LogP contribution in [-0.2, 0) is 7.05 Å². The van der Waals surface area contributed by atoms with E-state index in [4.69, 9.17) is 4.74 Å². The highest BCUT2D eigenvalue weighted by atomic mass is 16.5. The van der Waals surface area contributed by atoms with Crippen LogP contribution in [0.25, 0.3) is 22.0 Å². The van der Waals surface area contributed by atoms with E-state index < -0.39 is 0 Å². The first-order chi connectivity index (χ1) is 12.2. The summed E-state index contributed by atoms with van der Waals surface area (Å²) in [5, 5.41) is 6.90. The average molecular weight is 335 g/mol. The van der Waals surface area contributed by atoms with Crippen LogP contribution in [-0.4, -0.2) is 40.9 Å². The van der Waals surface area contributed by atoms with Gasteiger partial charge in [0.25, 0.3) is 0 Å². The van der Waals surface area contributed by atoms with Crippen LogP contribution < -0.4 is 4.74 Å². The molecule has 0 N–H and O–H groups in total. The summed E-state index contributed by atoms with van der Waals surface area (Å²) >= 11 is 0. The number of hydrogen-bond acceptors (Lipinski definition) is 3. The molecule has 1 saturated heterocycles. The molecule has 0 amide bonds. The van der Waals surface area contributed by atoms with E-state index in [1.54, 1.807) is 0 Å². The van der Waals surface area contributed by atoms with E-state index in [1.807, 2.05) is 17.9 Å². The molecule has 130 valence electrons. The summed E-state index contributed by atoms with van der Waals surface area (Å²) in [5.74, 6) is 0.968. The van der Waals surface area contributed by atoms with E-state index in [0.29, 0.717) is 6.04 Å². The van der Waals surface area contributed by atoms with Crippen LogP contribution in [0, 0.1) is 0 Å². The molecule has 4 rings (SSSR count). The minimum Gasteiger partial charge on any atom is -0.493 e. The SMILES string of the molecule is CN1CCCC1CCOc1ccc(-c2ccn(C)n2)c2ccccc12. The van der Waals surface area contributed by atoms with E-state index in [9.17, 15) is 0 Å². The Kier molecular flexibility index (Phi) is 4.45. The van der Waals surface area contributed by atoms with Crippen molar-refractivity contribution in [1.29, 1.82) is 0 Å². The van der Waals surface area contributed by atoms with Gasteiger partial charge in [-0.25, -0.2) is 0 Å². The third-order valence-electron chi connectivity index (χ3n) is 5.25. The van der Waals surface area contributed by atoms with Crippen LogP contribution in [0.4, 0.5) is 0 Å². The molecule has 4 heteroatoms. The fourth-order valence-corrected chi connectivity index (χ4v) is 3.83. The summed E-state index contributed by atoms with van der Waals surface area (Å²) < 4.78 is 8.01. The first-order valence-electron chi connectivity index (χ1n) is 9.07. The fourth-order valence-electron chi connectivity index (χ4n) is 3.83. The standard InChI is InChI=1S/C21H25N3O/c1-23-13-5-6-16(23)12-15-25-21-10-9-18(20-11-14-24(2)22-20)17-7-3-4-8-19(17)21/h3-4,7-11,14,16H,5-6,12-13,15H2,1-2H3. The lowest BCUT2D eigenvalue weighted by molar-refractivity contribution is 0.235. The van der Waals surface area contributed by atoms with Gasteiger partial charge in [-0.15, -0.1) is 0 Å². The zero-order chi connectivity index (χ0) is 17.2. The number of rotatable bonds is 5. The van der Waals surface area contributed by atoms with Gasteiger partial charge in [0.2, 0.25) is 0 Å². The molecule has 1 fully saturated rings. The van der Waals surface area contributed by atoms with Gasteiger partial charge in [0.1, 0.15) is 5.75 Å². The Balaban J connectivity index is 1.58. The molecule has 4 nitrogen and oxygen atoms in total. The summed E-state index contributed by atoms with van der Waals surface area (Å²) in [5.41, 5.74) is 2.15. The Morgan fingerprint density at radius 1 is 1.08 bits per heavy atom. The van der Waals surface area contributed by atoms with E-state index in [-0.39, 0.29) is 0 Å². The highest BCUT2D eigenvalue weighted by molar-refractivity contribution is 5.99. The smallest absolute Gasteiger partial charge is 0.127 e. The molecular formula is C21H25N3O. The van der Waals surface area contributed by atoms with Crippen LogP contribution >= 0.6 is 0 Å². The highest BCUT2D eigenvalue weighted by Crippen LogP contribution is 2.34. The maximum Gasteiger partial charge on any atom is 0.127 e. The van der Waals surface area contributed by atoms with E-state index >= 15 is 0 Å². The number of benzene rings is 2. The quantitative estimate of drug-likeness (QED) is 0.703. The molecular weight excluding hydrogens is 310 g/mol. The molecule has 2 heterocycles. The number of hydrogen-bond donors (Lipinski definition) is 0. The summed E-state index contributed by atoms with van der Waals surface area (Å²) in [7, 11) is 4.16. The molecule has 1 aliphatic heterocycles. The summed E-state index contributed by atoms with van der Waals surface area (Å²) in [6.45, 7) is 1.98. The Bertz CT molecular complexity index is 870. The monoisotopic (exact) mass is 335 g/mol. The van der Waals surface area contributed by atoms with Crippen molar-refractivity contribution in [3.05, 3.63) is 48.7 Å². The van der Waals surface area contributed by atoms with Gasteiger partial charge in [-0.05, 0) is 56.4 Å². The lowest BCUT2D eigenvalue weighted by Gasteiger charge is -2.19. The van der Waals surface area contributed by atoms with Crippen molar-refractivity contribution in [2.45, 2.75) is 25.3 Å². The molecule has 0 saturated carbocycles. The van der Waals surface area contributed by atoms with Gasteiger partial charge in [0.05, 0.1) is 12.3 Å². The van der Waals surface area contributed by atoms with E-state index in [0.717, 1.165) is 35.4 Å². The van der Waals surface area contributed by atoms with Crippen molar-refractivity contribution in [1.82, 2.24) is 14.7 Å². The minimum absolute atomic E-state index is 0.666. The van der Waals surface area contributed by atoms with E-state index in [1.165, 1.54) is 24.8 Å². The van der Waals surface area contributed by atoms with Crippen LogP contribution in [0.15, 0.2) is 48.7 Å². The average Bonchev–Trinajstić information content (AvgIpc) is 3.23. The topological polar surface area (TPSA) is 30.3 Å². The first kappa shape index (κ1) is 16.2. The van der Waals surface area contributed by atoms with Crippen molar-refractivity contribution in [3.63, 3.8) is 0 Å². The number of aromatic nitrogens is 2. The molecule has 1 aliphatic rings. The van der Waals surface area contributed by atoms with Gasteiger partial charge in [-0.1, -0.05) is 24.3 Å². The number of fused-ring (bicyclic) bond motifs is 1. The molecule has 0 aliphatic carbocycles. The second-order valence-electron chi connectivity index (χ2n) is 6.95. The summed E-state index contributed by atoms with van der Waals surface area (Å²) in [6.07, 6.45) is 5.67. The molecule has 0 spiro atoms. The molecule has 0 bridgehead atoms. The van der Waals surface area contributed by atoms with Crippen molar-refractivity contribution in [2.24, 2.45) is 7.05 Å². The second-order valence-corrected chi connectivity index (χ2v) is 6.95. The van der Waals surface area contributed by atoms with Gasteiger partial charge < -0.3 is 9.64 Å². The zero-order valence-corrected chi connectivity index (χ0v) is 15.0. The molecule has 3 aromatic rings. The van der Waals surface area contributed by atoms with Gasteiger partial charge >= 0.3 is 0 Å². The normalized spacial score (nSPS) is 18.1. The molecule has 1 aromatic heterocycles.